The molecule has 2 aromatic rings. The standard InChI is InChI=1S/C16H19BrN2OS/c1-20-14-4-2-3-13(11-14)19-9-7-18(8-10-19)12-15-5-6-16(17)21-15/h2-6,11H,7-10,12H2,1H3/p+1. The second kappa shape index (κ2) is 6.81. The largest absolute Gasteiger partial charge is 0.497 e. The molecule has 21 heavy (non-hydrogen) atoms. The number of nitrogens with zero attached hydrogens (tertiary/aromatic N) is 1. The van der Waals surface area contributed by atoms with Crippen LogP contribution in [0, 0.1) is 0 Å². The van der Waals surface area contributed by atoms with Gasteiger partial charge in [0.05, 0.1) is 42.0 Å². The fourth-order valence-corrected chi connectivity index (χ4v) is 4.31. The highest BCUT2D eigenvalue weighted by molar-refractivity contribution is 9.11. The molecule has 1 aromatic carbocycles. The van der Waals surface area contributed by atoms with Crippen LogP contribution in [0.1, 0.15) is 4.88 Å². The first-order valence-corrected chi connectivity index (χ1v) is 8.82. The molecule has 0 atom stereocenters. The number of benzene rings is 1. The Kier molecular flexibility index (Phi) is 4.83. The summed E-state index contributed by atoms with van der Waals surface area (Å²) in [6.07, 6.45) is 0. The Hall–Kier alpha value is -1.04. The van der Waals surface area contributed by atoms with Crippen molar-refractivity contribution in [3.8, 4) is 5.75 Å². The van der Waals surface area contributed by atoms with E-state index < -0.39 is 0 Å². The van der Waals surface area contributed by atoms with Crippen molar-refractivity contribution >= 4 is 33.0 Å². The minimum absolute atomic E-state index is 0.936. The van der Waals surface area contributed by atoms with Crippen molar-refractivity contribution in [1.29, 1.82) is 0 Å². The monoisotopic (exact) mass is 367 g/mol. The van der Waals surface area contributed by atoms with Gasteiger partial charge in [-0.3, -0.25) is 0 Å². The van der Waals surface area contributed by atoms with E-state index >= 15 is 0 Å². The van der Waals surface area contributed by atoms with Crippen molar-refractivity contribution in [1.82, 2.24) is 0 Å². The maximum Gasteiger partial charge on any atom is 0.120 e. The SMILES string of the molecule is COc1cccc(N2CC[NH+](Cc3ccc(Br)s3)CC2)c1. The molecule has 112 valence electrons. The summed E-state index contributed by atoms with van der Waals surface area (Å²) >= 11 is 5.39. The summed E-state index contributed by atoms with van der Waals surface area (Å²) in [5.41, 5.74) is 1.27. The van der Waals surface area contributed by atoms with E-state index in [4.69, 9.17) is 4.74 Å². The van der Waals surface area contributed by atoms with Crippen molar-refractivity contribution in [3.63, 3.8) is 0 Å². The summed E-state index contributed by atoms with van der Waals surface area (Å²) in [6, 6.07) is 12.7. The Labute approximate surface area is 138 Å². The van der Waals surface area contributed by atoms with Gasteiger partial charge in [0.2, 0.25) is 0 Å². The first-order valence-electron chi connectivity index (χ1n) is 7.21. The predicted molar refractivity (Wildman–Crippen MR) is 91.6 cm³/mol. The summed E-state index contributed by atoms with van der Waals surface area (Å²) < 4.78 is 6.54. The van der Waals surface area contributed by atoms with Crippen LogP contribution in [0.2, 0.25) is 0 Å². The number of nitrogens with one attached hydrogen (secondary N) is 1. The molecule has 1 saturated heterocycles. The maximum absolute atomic E-state index is 5.31. The zero-order valence-corrected chi connectivity index (χ0v) is 14.5. The molecule has 0 radical (unpaired) electrons. The second-order valence-electron chi connectivity index (χ2n) is 5.32. The van der Waals surface area contributed by atoms with E-state index in [2.05, 4.69) is 51.2 Å². The highest BCUT2D eigenvalue weighted by Gasteiger charge is 2.21. The first-order chi connectivity index (χ1) is 10.2. The van der Waals surface area contributed by atoms with Crippen LogP contribution in [0.4, 0.5) is 5.69 Å². The van der Waals surface area contributed by atoms with Gasteiger partial charge in [-0.05, 0) is 40.2 Å². The molecule has 0 unspecified atom stereocenters. The molecule has 5 heteroatoms. The minimum Gasteiger partial charge on any atom is -0.497 e. The van der Waals surface area contributed by atoms with Crippen LogP contribution in [0.5, 0.6) is 5.75 Å². The van der Waals surface area contributed by atoms with E-state index in [1.165, 1.54) is 27.4 Å². The number of hydrogen-bond donors (Lipinski definition) is 1. The zero-order valence-electron chi connectivity index (χ0n) is 12.1. The van der Waals surface area contributed by atoms with Gasteiger partial charge in [-0.15, -0.1) is 11.3 Å². The number of ether oxygens (including phenoxy) is 1. The van der Waals surface area contributed by atoms with Gasteiger partial charge in [-0.25, -0.2) is 0 Å². The summed E-state index contributed by atoms with van der Waals surface area (Å²) in [7, 11) is 1.72. The third-order valence-electron chi connectivity index (χ3n) is 3.94. The average Bonchev–Trinajstić information content (AvgIpc) is 2.93. The minimum atomic E-state index is 0.936. The van der Waals surface area contributed by atoms with Crippen LogP contribution in [0.3, 0.4) is 0 Å². The molecule has 1 N–H and O–H groups in total. The van der Waals surface area contributed by atoms with Crippen molar-refractivity contribution in [2.45, 2.75) is 6.54 Å². The number of anilines is 1. The average molecular weight is 368 g/mol. The second-order valence-corrected chi connectivity index (χ2v) is 7.87. The lowest BCUT2D eigenvalue weighted by Crippen LogP contribution is -3.13. The molecule has 1 aliphatic heterocycles. The van der Waals surface area contributed by atoms with E-state index in [9.17, 15) is 0 Å². The molecule has 0 saturated carbocycles. The number of halogens is 1. The molecule has 0 spiro atoms. The Morgan fingerprint density at radius 1 is 1.24 bits per heavy atom. The van der Waals surface area contributed by atoms with Gasteiger partial charge in [-0.1, -0.05) is 6.07 Å². The van der Waals surface area contributed by atoms with Gasteiger partial charge < -0.3 is 14.5 Å². The summed E-state index contributed by atoms with van der Waals surface area (Å²) in [5.74, 6) is 0.936. The van der Waals surface area contributed by atoms with Gasteiger partial charge in [-0.2, -0.15) is 0 Å². The molecule has 0 bridgehead atoms. The van der Waals surface area contributed by atoms with E-state index in [1.54, 1.807) is 12.0 Å². The van der Waals surface area contributed by atoms with E-state index in [1.807, 2.05) is 17.4 Å². The van der Waals surface area contributed by atoms with Crippen LogP contribution in [0.25, 0.3) is 0 Å². The highest BCUT2D eigenvalue weighted by atomic mass is 79.9. The smallest absolute Gasteiger partial charge is 0.120 e. The van der Waals surface area contributed by atoms with Crippen LogP contribution in [-0.2, 0) is 6.54 Å². The topological polar surface area (TPSA) is 16.9 Å². The Morgan fingerprint density at radius 3 is 2.71 bits per heavy atom. The molecule has 0 amide bonds. The van der Waals surface area contributed by atoms with Crippen LogP contribution < -0.4 is 14.5 Å². The van der Waals surface area contributed by atoms with Gasteiger partial charge in [0.15, 0.2) is 0 Å². The highest BCUT2D eigenvalue weighted by Crippen LogP contribution is 2.22. The molecule has 1 aliphatic rings. The Balaban J connectivity index is 1.57. The molecule has 3 rings (SSSR count). The van der Waals surface area contributed by atoms with Crippen molar-refractivity contribution in [2.24, 2.45) is 0 Å². The van der Waals surface area contributed by atoms with E-state index in [-0.39, 0.29) is 0 Å². The molecular formula is C16H20BrN2OS+. The van der Waals surface area contributed by atoms with Gasteiger partial charge >= 0.3 is 0 Å². The lowest BCUT2D eigenvalue weighted by Gasteiger charge is -2.33. The third-order valence-corrected chi connectivity index (χ3v) is 5.57. The third kappa shape index (κ3) is 3.78. The van der Waals surface area contributed by atoms with Crippen molar-refractivity contribution in [3.05, 3.63) is 45.1 Å². The van der Waals surface area contributed by atoms with Gasteiger partial charge in [0.1, 0.15) is 12.3 Å². The zero-order chi connectivity index (χ0) is 14.7. The van der Waals surface area contributed by atoms with E-state index in [0.29, 0.717) is 0 Å². The molecule has 1 fully saturated rings. The van der Waals surface area contributed by atoms with Crippen molar-refractivity contribution < 1.29 is 9.64 Å². The maximum atomic E-state index is 5.31. The lowest BCUT2D eigenvalue weighted by molar-refractivity contribution is -0.914. The first kappa shape index (κ1) is 14.9. The predicted octanol–water partition coefficient (Wildman–Crippen LogP) is 2.42. The van der Waals surface area contributed by atoms with Crippen molar-refractivity contribution in [2.75, 3.05) is 38.2 Å². The number of rotatable bonds is 4. The lowest BCUT2D eigenvalue weighted by atomic mass is 10.2. The fraction of sp³-hybridized carbons (Fsp3) is 0.375. The number of thiophene rings is 1. The number of piperazine rings is 1. The number of hydrogen-bond acceptors (Lipinski definition) is 3. The quantitative estimate of drug-likeness (QED) is 0.893. The summed E-state index contributed by atoms with van der Waals surface area (Å²) in [4.78, 5) is 5.59. The van der Waals surface area contributed by atoms with Gasteiger partial charge in [0, 0.05) is 11.8 Å². The molecule has 0 aliphatic carbocycles. The normalized spacial score (nSPS) is 16.2. The molecule has 2 heterocycles. The molecular weight excluding hydrogens is 348 g/mol. The Morgan fingerprint density at radius 2 is 2.05 bits per heavy atom. The van der Waals surface area contributed by atoms with Gasteiger partial charge in [0.25, 0.3) is 0 Å². The van der Waals surface area contributed by atoms with E-state index in [0.717, 1.165) is 25.4 Å². The number of methoxy groups -OCH3 is 1. The Bertz CT molecular complexity index is 593. The molecule has 1 aromatic heterocycles. The van der Waals surface area contributed by atoms with Crippen LogP contribution in [-0.4, -0.2) is 33.3 Å². The summed E-state index contributed by atoms with van der Waals surface area (Å²) in [5, 5.41) is 0. The number of quaternary nitrogens is 1. The molecule has 3 nitrogen and oxygen atoms in total. The van der Waals surface area contributed by atoms with Crippen LogP contribution in [0.15, 0.2) is 40.2 Å². The summed E-state index contributed by atoms with van der Waals surface area (Å²) in [6.45, 7) is 5.73. The fourth-order valence-electron chi connectivity index (χ4n) is 2.76. The van der Waals surface area contributed by atoms with Crippen LogP contribution >= 0.6 is 27.3 Å².